The Morgan fingerprint density at radius 1 is 1.47 bits per heavy atom. The third kappa shape index (κ3) is 4.31. The number of hydrogen-bond donors (Lipinski definition) is 0. The summed E-state index contributed by atoms with van der Waals surface area (Å²) in [5.74, 6) is 0. The molecule has 0 atom stereocenters. The van der Waals surface area contributed by atoms with Gasteiger partial charge in [0, 0.05) is 18.1 Å². The number of aromatic nitrogens is 1. The highest BCUT2D eigenvalue weighted by Crippen LogP contribution is 2.07. The molecule has 15 heavy (non-hydrogen) atoms. The van der Waals surface area contributed by atoms with Crippen LogP contribution < -0.4 is 0 Å². The molecule has 0 spiro atoms. The Hall–Kier alpha value is -0.410. The van der Waals surface area contributed by atoms with Gasteiger partial charge in [0.15, 0.2) is 0 Å². The summed E-state index contributed by atoms with van der Waals surface area (Å²) in [5, 5.41) is 1.07. The van der Waals surface area contributed by atoms with Gasteiger partial charge in [-0.2, -0.15) is 0 Å². The fraction of sp³-hybridized carbons (Fsp3) is 0.583. The first kappa shape index (κ1) is 12.7. The van der Waals surface area contributed by atoms with E-state index in [2.05, 4.69) is 45.7 Å². The topological polar surface area (TPSA) is 16.1 Å². The van der Waals surface area contributed by atoms with Crippen LogP contribution in [0, 0.1) is 6.92 Å². The van der Waals surface area contributed by atoms with Crippen LogP contribution in [0.25, 0.3) is 0 Å². The molecule has 1 rings (SSSR count). The lowest BCUT2D eigenvalue weighted by Crippen LogP contribution is -2.25. The molecular formula is C12H19BrN2. The van der Waals surface area contributed by atoms with E-state index < -0.39 is 0 Å². The SMILES string of the molecule is CCN(CCCBr)Cc1ncccc1C. The molecule has 1 heterocycles. The molecule has 0 N–H and O–H groups in total. The number of nitrogens with zero attached hydrogens (tertiary/aromatic N) is 2. The molecule has 0 aromatic carbocycles. The zero-order valence-corrected chi connectivity index (χ0v) is 11.1. The zero-order chi connectivity index (χ0) is 11.1. The third-order valence-electron chi connectivity index (χ3n) is 2.55. The van der Waals surface area contributed by atoms with Gasteiger partial charge >= 0.3 is 0 Å². The molecule has 0 saturated carbocycles. The number of aryl methyl sites for hydroxylation is 1. The number of halogens is 1. The summed E-state index contributed by atoms with van der Waals surface area (Å²) in [4.78, 5) is 6.85. The third-order valence-corrected chi connectivity index (χ3v) is 3.11. The van der Waals surface area contributed by atoms with Gasteiger partial charge in [0.2, 0.25) is 0 Å². The monoisotopic (exact) mass is 270 g/mol. The molecule has 0 aliphatic rings. The maximum Gasteiger partial charge on any atom is 0.0573 e. The Kier molecular flexibility index (Phi) is 5.88. The van der Waals surface area contributed by atoms with Crippen LogP contribution in [0.1, 0.15) is 24.6 Å². The first-order valence-corrected chi connectivity index (χ1v) is 6.59. The molecule has 84 valence electrons. The number of hydrogen-bond acceptors (Lipinski definition) is 2. The maximum absolute atomic E-state index is 4.42. The summed E-state index contributed by atoms with van der Waals surface area (Å²) in [5.41, 5.74) is 2.49. The van der Waals surface area contributed by atoms with Crippen LogP contribution in [0.3, 0.4) is 0 Å². The molecule has 1 aromatic heterocycles. The van der Waals surface area contributed by atoms with Crippen molar-refractivity contribution >= 4 is 15.9 Å². The lowest BCUT2D eigenvalue weighted by molar-refractivity contribution is 0.278. The van der Waals surface area contributed by atoms with Crippen molar-refractivity contribution in [1.29, 1.82) is 0 Å². The number of alkyl halides is 1. The van der Waals surface area contributed by atoms with E-state index in [1.807, 2.05) is 12.3 Å². The summed E-state index contributed by atoms with van der Waals surface area (Å²) in [7, 11) is 0. The molecule has 0 aliphatic heterocycles. The van der Waals surface area contributed by atoms with Crippen LogP contribution in [-0.2, 0) is 6.54 Å². The van der Waals surface area contributed by atoms with Gasteiger partial charge in [0.05, 0.1) is 5.69 Å². The van der Waals surface area contributed by atoms with Crippen molar-refractivity contribution in [3.05, 3.63) is 29.6 Å². The molecule has 3 heteroatoms. The molecule has 2 nitrogen and oxygen atoms in total. The van der Waals surface area contributed by atoms with E-state index in [1.165, 1.54) is 17.7 Å². The summed E-state index contributed by atoms with van der Waals surface area (Å²) in [6.07, 6.45) is 3.07. The Morgan fingerprint density at radius 2 is 2.27 bits per heavy atom. The van der Waals surface area contributed by atoms with Crippen molar-refractivity contribution in [1.82, 2.24) is 9.88 Å². The van der Waals surface area contributed by atoms with Crippen LogP contribution in [0.5, 0.6) is 0 Å². The van der Waals surface area contributed by atoms with Gasteiger partial charge in [-0.25, -0.2) is 0 Å². The van der Waals surface area contributed by atoms with Crippen molar-refractivity contribution in [2.45, 2.75) is 26.8 Å². The minimum Gasteiger partial charge on any atom is -0.298 e. The summed E-state index contributed by atoms with van der Waals surface area (Å²) >= 11 is 3.46. The Morgan fingerprint density at radius 3 is 2.87 bits per heavy atom. The van der Waals surface area contributed by atoms with Crippen molar-refractivity contribution in [3.63, 3.8) is 0 Å². The molecule has 0 unspecified atom stereocenters. The van der Waals surface area contributed by atoms with Gasteiger partial charge in [-0.1, -0.05) is 28.9 Å². The molecule has 0 aliphatic carbocycles. The normalized spacial score (nSPS) is 10.9. The van der Waals surface area contributed by atoms with Crippen molar-refractivity contribution < 1.29 is 0 Å². The molecule has 0 fully saturated rings. The average Bonchev–Trinajstić information content (AvgIpc) is 2.26. The lowest BCUT2D eigenvalue weighted by atomic mass is 10.2. The van der Waals surface area contributed by atoms with E-state index in [1.54, 1.807) is 0 Å². The predicted molar refractivity (Wildman–Crippen MR) is 68.3 cm³/mol. The van der Waals surface area contributed by atoms with Gasteiger partial charge in [0.1, 0.15) is 0 Å². The highest BCUT2D eigenvalue weighted by molar-refractivity contribution is 9.09. The first-order chi connectivity index (χ1) is 7.27. The van der Waals surface area contributed by atoms with Crippen LogP contribution in [0.15, 0.2) is 18.3 Å². The summed E-state index contributed by atoms with van der Waals surface area (Å²) < 4.78 is 0. The van der Waals surface area contributed by atoms with Crippen molar-refractivity contribution in [2.24, 2.45) is 0 Å². The van der Waals surface area contributed by atoms with Crippen molar-refractivity contribution in [2.75, 3.05) is 18.4 Å². The highest BCUT2D eigenvalue weighted by atomic mass is 79.9. The van der Waals surface area contributed by atoms with Gasteiger partial charge < -0.3 is 0 Å². The standard InChI is InChI=1S/C12H19BrN2/c1-3-15(9-5-7-13)10-12-11(2)6-4-8-14-12/h4,6,8H,3,5,7,9-10H2,1-2H3. The van der Waals surface area contributed by atoms with Gasteiger partial charge in [-0.3, -0.25) is 9.88 Å². The van der Waals surface area contributed by atoms with Gasteiger partial charge in [-0.05, 0) is 38.1 Å². The molecular weight excluding hydrogens is 252 g/mol. The highest BCUT2D eigenvalue weighted by Gasteiger charge is 2.05. The van der Waals surface area contributed by atoms with E-state index in [0.717, 1.165) is 25.0 Å². The van der Waals surface area contributed by atoms with Crippen LogP contribution in [0.4, 0.5) is 0 Å². The Balaban J connectivity index is 2.54. The van der Waals surface area contributed by atoms with E-state index in [-0.39, 0.29) is 0 Å². The van der Waals surface area contributed by atoms with E-state index in [0.29, 0.717) is 0 Å². The molecule has 1 aromatic rings. The largest absolute Gasteiger partial charge is 0.298 e. The van der Waals surface area contributed by atoms with Gasteiger partial charge in [0.25, 0.3) is 0 Å². The summed E-state index contributed by atoms with van der Waals surface area (Å²) in [6.45, 7) is 7.52. The van der Waals surface area contributed by atoms with E-state index in [9.17, 15) is 0 Å². The van der Waals surface area contributed by atoms with Crippen LogP contribution in [-0.4, -0.2) is 28.3 Å². The van der Waals surface area contributed by atoms with Crippen LogP contribution in [0.2, 0.25) is 0 Å². The van der Waals surface area contributed by atoms with Crippen LogP contribution >= 0.6 is 15.9 Å². The quantitative estimate of drug-likeness (QED) is 0.739. The van der Waals surface area contributed by atoms with Crippen molar-refractivity contribution in [3.8, 4) is 0 Å². The zero-order valence-electron chi connectivity index (χ0n) is 9.54. The molecule has 0 saturated heterocycles. The second kappa shape index (κ2) is 6.96. The van der Waals surface area contributed by atoms with E-state index >= 15 is 0 Å². The summed E-state index contributed by atoms with van der Waals surface area (Å²) in [6, 6.07) is 4.12. The molecule has 0 bridgehead atoms. The smallest absolute Gasteiger partial charge is 0.0573 e. The molecule has 0 radical (unpaired) electrons. The number of rotatable bonds is 6. The second-order valence-corrected chi connectivity index (χ2v) is 4.47. The number of pyridine rings is 1. The Labute approximate surface area is 101 Å². The Bertz CT molecular complexity index is 289. The average molecular weight is 271 g/mol. The van der Waals surface area contributed by atoms with Gasteiger partial charge in [-0.15, -0.1) is 0 Å². The predicted octanol–water partition coefficient (Wildman–Crippen LogP) is 3.00. The lowest BCUT2D eigenvalue weighted by Gasteiger charge is -2.20. The minimum absolute atomic E-state index is 0.968. The minimum atomic E-state index is 0.968. The maximum atomic E-state index is 4.42. The first-order valence-electron chi connectivity index (χ1n) is 5.46. The fourth-order valence-corrected chi connectivity index (χ4v) is 1.78. The second-order valence-electron chi connectivity index (χ2n) is 3.68. The fourth-order valence-electron chi connectivity index (χ4n) is 1.53. The molecule has 0 amide bonds. The van der Waals surface area contributed by atoms with E-state index in [4.69, 9.17) is 0 Å².